The first-order valence-corrected chi connectivity index (χ1v) is 10.8. The second-order valence-corrected chi connectivity index (χ2v) is 8.83. The number of hydrogen-bond donors (Lipinski definition) is 1. The molecule has 6 nitrogen and oxygen atoms in total. The highest BCUT2D eigenvalue weighted by Gasteiger charge is 2.21. The van der Waals surface area contributed by atoms with Crippen LogP contribution in [-0.4, -0.2) is 60.1 Å². The second kappa shape index (κ2) is 9.94. The first-order valence-electron chi connectivity index (χ1n) is 10.8. The molecule has 0 atom stereocenters. The van der Waals surface area contributed by atoms with E-state index in [1.165, 1.54) is 16.3 Å². The molecule has 2 aromatic rings. The minimum absolute atomic E-state index is 0.158. The molecule has 30 heavy (non-hydrogen) atoms. The van der Waals surface area contributed by atoms with Gasteiger partial charge in [0.2, 0.25) is 5.91 Å². The zero-order chi connectivity index (χ0) is 21.6. The summed E-state index contributed by atoms with van der Waals surface area (Å²) in [6, 6.07) is 14.9. The lowest BCUT2D eigenvalue weighted by atomic mass is 10.0. The third-order valence-electron chi connectivity index (χ3n) is 5.23. The van der Waals surface area contributed by atoms with Gasteiger partial charge in [-0.1, -0.05) is 42.5 Å². The summed E-state index contributed by atoms with van der Waals surface area (Å²) in [5.74, 6) is 0.158. The van der Waals surface area contributed by atoms with E-state index in [4.69, 9.17) is 4.74 Å². The third-order valence-corrected chi connectivity index (χ3v) is 5.23. The van der Waals surface area contributed by atoms with Gasteiger partial charge in [0.05, 0.1) is 0 Å². The number of piperazine rings is 1. The molecule has 162 valence electrons. The fraction of sp³-hybridized carbons (Fsp3) is 0.500. The monoisotopic (exact) mass is 411 g/mol. The molecule has 0 bridgehead atoms. The molecule has 0 saturated carbocycles. The van der Waals surface area contributed by atoms with Crippen LogP contribution in [0, 0.1) is 0 Å². The van der Waals surface area contributed by atoms with Crippen molar-refractivity contribution in [3.05, 3.63) is 48.0 Å². The quantitative estimate of drug-likeness (QED) is 0.735. The molecule has 1 heterocycles. The molecule has 1 fully saturated rings. The normalized spacial score (nSPS) is 15.2. The molecule has 1 aliphatic heterocycles. The van der Waals surface area contributed by atoms with Crippen molar-refractivity contribution in [2.45, 2.75) is 45.8 Å². The molecule has 0 aromatic heterocycles. The number of alkyl carbamates (subject to hydrolysis) is 1. The predicted molar refractivity (Wildman–Crippen MR) is 119 cm³/mol. The molecule has 0 spiro atoms. The molecule has 1 N–H and O–H groups in total. The smallest absolute Gasteiger partial charge is 0.407 e. The van der Waals surface area contributed by atoms with Crippen molar-refractivity contribution < 1.29 is 14.3 Å². The van der Waals surface area contributed by atoms with Crippen molar-refractivity contribution in [3.63, 3.8) is 0 Å². The maximum atomic E-state index is 12.5. The molecule has 1 aliphatic rings. The van der Waals surface area contributed by atoms with Crippen LogP contribution in [0.3, 0.4) is 0 Å². The maximum Gasteiger partial charge on any atom is 0.407 e. The number of nitrogens with one attached hydrogen (secondary N) is 1. The number of carbonyl (C=O) groups is 2. The Morgan fingerprint density at radius 3 is 2.43 bits per heavy atom. The molecular weight excluding hydrogens is 378 g/mol. The highest BCUT2D eigenvalue weighted by Crippen LogP contribution is 2.20. The minimum Gasteiger partial charge on any atom is -0.444 e. The Balaban J connectivity index is 1.39. The minimum atomic E-state index is -0.508. The number of rotatable bonds is 6. The predicted octanol–water partition coefficient (Wildman–Crippen LogP) is 3.79. The van der Waals surface area contributed by atoms with Crippen LogP contribution in [0.15, 0.2) is 42.5 Å². The summed E-state index contributed by atoms with van der Waals surface area (Å²) in [5.41, 5.74) is 0.826. The molecular formula is C24H33N3O3. The van der Waals surface area contributed by atoms with Crippen molar-refractivity contribution in [1.82, 2.24) is 15.1 Å². The van der Waals surface area contributed by atoms with Gasteiger partial charge >= 0.3 is 6.09 Å². The van der Waals surface area contributed by atoms with Crippen molar-refractivity contribution in [3.8, 4) is 0 Å². The molecule has 6 heteroatoms. The molecule has 0 radical (unpaired) electrons. The van der Waals surface area contributed by atoms with E-state index in [0.717, 1.165) is 32.7 Å². The zero-order valence-corrected chi connectivity index (χ0v) is 18.3. The van der Waals surface area contributed by atoms with Gasteiger partial charge in [0, 0.05) is 45.7 Å². The van der Waals surface area contributed by atoms with Gasteiger partial charge in [0.15, 0.2) is 0 Å². The van der Waals surface area contributed by atoms with E-state index in [-0.39, 0.29) is 5.91 Å². The Morgan fingerprint density at radius 2 is 1.70 bits per heavy atom. The molecule has 2 amide bonds. The SMILES string of the molecule is CC(C)(C)OC(=O)NCCCC(=O)N1CCN(Cc2cccc3ccccc23)CC1. The Morgan fingerprint density at radius 1 is 1.00 bits per heavy atom. The summed E-state index contributed by atoms with van der Waals surface area (Å²) in [6.07, 6.45) is 0.630. The Labute approximate surface area is 179 Å². The molecule has 0 unspecified atom stereocenters. The van der Waals surface area contributed by atoms with Gasteiger partial charge in [-0.05, 0) is 43.5 Å². The number of hydrogen-bond acceptors (Lipinski definition) is 4. The largest absolute Gasteiger partial charge is 0.444 e. The van der Waals surface area contributed by atoms with Crippen LogP contribution in [0.2, 0.25) is 0 Å². The maximum absolute atomic E-state index is 12.5. The van der Waals surface area contributed by atoms with Crippen molar-refractivity contribution in [2.75, 3.05) is 32.7 Å². The van der Waals surface area contributed by atoms with E-state index < -0.39 is 11.7 Å². The lowest BCUT2D eigenvalue weighted by Crippen LogP contribution is -2.48. The van der Waals surface area contributed by atoms with Gasteiger partial charge in [0.1, 0.15) is 5.60 Å². The van der Waals surface area contributed by atoms with Crippen LogP contribution in [-0.2, 0) is 16.1 Å². The van der Waals surface area contributed by atoms with E-state index >= 15 is 0 Å². The summed E-state index contributed by atoms with van der Waals surface area (Å²) >= 11 is 0. The van der Waals surface area contributed by atoms with E-state index in [2.05, 4.69) is 52.7 Å². The average molecular weight is 412 g/mol. The standard InChI is InChI=1S/C24H33N3O3/c1-24(2,3)30-23(29)25-13-7-12-22(28)27-16-14-26(15-17-27)18-20-10-6-9-19-8-4-5-11-21(19)20/h4-6,8-11H,7,12-18H2,1-3H3,(H,25,29). The average Bonchev–Trinajstić information content (AvgIpc) is 2.70. The Kier molecular flexibility index (Phi) is 7.32. The highest BCUT2D eigenvalue weighted by atomic mass is 16.6. The second-order valence-electron chi connectivity index (χ2n) is 8.83. The van der Waals surface area contributed by atoms with Gasteiger partial charge < -0.3 is 15.0 Å². The summed E-state index contributed by atoms with van der Waals surface area (Å²) < 4.78 is 5.20. The molecule has 1 saturated heterocycles. The van der Waals surface area contributed by atoms with Crippen molar-refractivity contribution >= 4 is 22.8 Å². The lowest BCUT2D eigenvalue weighted by molar-refractivity contribution is -0.133. The molecule has 2 aromatic carbocycles. The van der Waals surface area contributed by atoms with Crippen LogP contribution >= 0.6 is 0 Å². The summed E-state index contributed by atoms with van der Waals surface area (Å²) in [7, 11) is 0. The van der Waals surface area contributed by atoms with E-state index in [1.807, 2.05) is 25.7 Å². The number of fused-ring (bicyclic) bond motifs is 1. The van der Waals surface area contributed by atoms with E-state index in [1.54, 1.807) is 0 Å². The first kappa shape index (κ1) is 22.1. The topological polar surface area (TPSA) is 61.9 Å². The van der Waals surface area contributed by atoms with Crippen molar-refractivity contribution in [1.29, 1.82) is 0 Å². The van der Waals surface area contributed by atoms with Crippen LogP contribution in [0.4, 0.5) is 4.79 Å². The number of nitrogens with zero attached hydrogens (tertiary/aromatic N) is 2. The van der Waals surface area contributed by atoms with Crippen LogP contribution < -0.4 is 5.32 Å². The van der Waals surface area contributed by atoms with Gasteiger partial charge in [-0.3, -0.25) is 9.69 Å². The van der Waals surface area contributed by atoms with Gasteiger partial charge in [-0.25, -0.2) is 4.79 Å². The lowest BCUT2D eigenvalue weighted by Gasteiger charge is -2.35. The van der Waals surface area contributed by atoms with E-state index in [0.29, 0.717) is 19.4 Å². The van der Waals surface area contributed by atoms with Crippen LogP contribution in [0.25, 0.3) is 10.8 Å². The van der Waals surface area contributed by atoms with Gasteiger partial charge in [-0.2, -0.15) is 0 Å². The van der Waals surface area contributed by atoms with Gasteiger partial charge in [-0.15, -0.1) is 0 Å². The number of carbonyl (C=O) groups excluding carboxylic acids is 2. The van der Waals surface area contributed by atoms with Crippen LogP contribution in [0.5, 0.6) is 0 Å². The Hall–Kier alpha value is -2.60. The fourth-order valence-corrected chi connectivity index (χ4v) is 3.73. The van der Waals surface area contributed by atoms with Gasteiger partial charge in [0.25, 0.3) is 0 Å². The number of ether oxygens (including phenoxy) is 1. The summed E-state index contributed by atoms with van der Waals surface area (Å²) in [6.45, 7) is 10.1. The highest BCUT2D eigenvalue weighted by molar-refractivity contribution is 5.85. The summed E-state index contributed by atoms with van der Waals surface area (Å²) in [4.78, 5) is 28.5. The van der Waals surface area contributed by atoms with E-state index in [9.17, 15) is 9.59 Å². The summed E-state index contributed by atoms with van der Waals surface area (Å²) in [5, 5.41) is 5.28. The number of amides is 2. The molecule has 3 rings (SSSR count). The van der Waals surface area contributed by atoms with Crippen LogP contribution in [0.1, 0.15) is 39.2 Å². The first-order chi connectivity index (χ1) is 14.3. The number of benzene rings is 2. The molecule has 0 aliphatic carbocycles. The van der Waals surface area contributed by atoms with Crippen molar-refractivity contribution in [2.24, 2.45) is 0 Å². The fourth-order valence-electron chi connectivity index (χ4n) is 3.73. The zero-order valence-electron chi connectivity index (χ0n) is 18.3. The third kappa shape index (κ3) is 6.46. The Bertz CT molecular complexity index is 862.